The fourth-order valence-electron chi connectivity index (χ4n) is 2.16. The molecule has 0 aromatic heterocycles. The summed E-state index contributed by atoms with van der Waals surface area (Å²) >= 11 is 0. The maximum atomic E-state index is 12.0. The second kappa shape index (κ2) is 5.17. The normalized spacial score (nSPS) is 18.5. The van der Waals surface area contributed by atoms with Gasteiger partial charge >= 0.3 is 5.97 Å². The molecule has 102 valence electrons. The Morgan fingerprint density at radius 3 is 2.53 bits per heavy atom. The minimum atomic E-state index is -1.08. The Morgan fingerprint density at radius 1 is 1.32 bits per heavy atom. The minimum Gasteiger partial charge on any atom is -0.493 e. The molecule has 19 heavy (non-hydrogen) atoms. The SMILES string of the molecule is COc1ccc(N2CCC(C(=O)O)C2=O)cc1OC. The van der Waals surface area contributed by atoms with Crippen LogP contribution in [-0.2, 0) is 9.59 Å². The van der Waals surface area contributed by atoms with Crippen molar-refractivity contribution in [1.82, 2.24) is 0 Å². The molecule has 2 rings (SSSR count). The molecule has 1 saturated heterocycles. The van der Waals surface area contributed by atoms with Gasteiger partial charge in [0.25, 0.3) is 0 Å². The van der Waals surface area contributed by atoms with Crippen LogP contribution in [0.15, 0.2) is 18.2 Å². The molecule has 1 aliphatic heterocycles. The van der Waals surface area contributed by atoms with E-state index in [9.17, 15) is 9.59 Å². The van der Waals surface area contributed by atoms with Crippen LogP contribution in [0.4, 0.5) is 5.69 Å². The van der Waals surface area contributed by atoms with Gasteiger partial charge in [-0.05, 0) is 18.6 Å². The molecule has 0 radical (unpaired) electrons. The van der Waals surface area contributed by atoms with Crippen molar-refractivity contribution in [1.29, 1.82) is 0 Å². The maximum Gasteiger partial charge on any atom is 0.316 e. The number of benzene rings is 1. The third-order valence-electron chi connectivity index (χ3n) is 3.18. The third-order valence-corrected chi connectivity index (χ3v) is 3.18. The zero-order chi connectivity index (χ0) is 14.0. The van der Waals surface area contributed by atoms with Crippen LogP contribution < -0.4 is 14.4 Å². The van der Waals surface area contributed by atoms with Gasteiger partial charge in [0.15, 0.2) is 11.5 Å². The molecule has 1 fully saturated rings. The van der Waals surface area contributed by atoms with Gasteiger partial charge in [-0.2, -0.15) is 0 Å². The number of hydrogen-bond acceptors (Lipinski definition) is 4. The number of amides is 1. The van der Waals surface area contributed by atoms with Gasteiger partial charge < -0.3 is 19.5 Å². The topological polar surface area (TPSA) is 76.1 Å². The lowest BCUT2D eigenvalue weighted by Crippen LogP contribution is -2.30. The van der Waals surface area contributed by atoms with Crippen LogP contribution in [0.25, 0.3) is 0 Å². The molecule has 1 aliphatic rings. The number of carbonyl (C=O) groups excluding carboxylic acids is 1. The molecule has 1 heterocycles. The summed E-state index contributed by atoms with van der Waals surface area (Å²) in [4.78, 5) is 24.4. The van der Waals surface area contributed by atoms with E-state index < -0.39 is 11.9 Å². The van der Waals surface area contributed by atoms with Crippen LogP contribution in [0.2, 0.25) is 0 Å². The van der Waals surface area contributed by atoms with Crippen molar-refractivity contribution in [3.8, 4) is 11.5 Å². The monoisotopic (exact) mass is 265 g/mol. The van der Waals surface area contributed by atoms with Crippen molar-refractivity contribution in [2.45, 2.75) is 6.42 Å². The summed E-state index contributed by atoms with van der Waals surface area (Å²) in [5.41, 5.74) is 0.617. The number of ether oxygens (including phenoxy) is 2. The molecule has 1 aromatic rings. The Labute approximate surface area is 110 Å². The van der Waals surface area contributed by atoms with Gasteiger partial charge in [-0.3, -0.25) is 9.59 Å². The first-order chi connectivity index (χ1) is 9.08. The number of carboxylic acid groups (broad SMARTS) is 1. The Hall–Kier alpha value is -2.24. The lowest BCUT2D eigenvalue weighted by Gasteiger charge is -2.18. The van der Waals surface area contributed by atoms with Crippen molar-refractivity contribution < 1.29 is 24.2 Å². The highest BCUT2D eigenvalue weighted by atomic mass is 16.5. The van der Waals surface area contributed by atoms with Crippen molar-refractivity contribution in [2.75, 3.05) is 25.7 Å². The highest BCUT2D eigenvalue weighted by molar-refractivity contribution is 6.07. The molecule has 1 atom stereocenters. The minimum absolute atomic E-state index is 0.322. The number of carboxylic acids is 1. The van der Waals surface area contributed by atoms with E-state index in [0.717, 1.165) is 0 Å². The summed E-state index contributed by atoms with van der Waals surface area (Å²) in [7, 11) is 3.03. The van der Waals surface area contributed by atoms with Crippen LogP contribution in [0.3, 0.4) is 0 Å². The molecule has 0 saturated carbocycles. The van der Waals surface area contributed by atoms with E-state index in [0.29, 0.717) is 30.2 Å². The van der Waals surface area contributed by atoms with Gasteiger partial charge in [0.2, 0.25) is 5.91 Å². The summed E-state index contributed by atoms with van der Waals surface area (Å²) < 4.78 is 10.3. The predicted octanol–water partition coefficient (Wildman–Crippen LogP) is 1.14. The average molecular weight is 265 g/mol. The molecule has 6 heteroatoms. The smallest absolute Gasteiger partial charge is 0.316 e. The molecule has 1 N–H and O–H groups in total. The van der Waals surface area contributed by atoms with E-state index >= 15 is 0 Å². The quantitative estimate of drug-likeness (QED) is 0.826. The Morgan fingerprint density at radius 2 is 2.00 bits per heavy atom. The second-order valence-corrected chi connectivity index (χ2v) is 4.21. The standard InChI is InChI=1S/C13H15NO5/c1-18-10-4-3-8(7-11(10)19-2)14-6-5-9(12(14)15)13(16)17/h3-4,7,9H,5-6H2,1-2H3,(H,16,17). The zero-order valence-electron chi connectivity index (χ0n) is 10.8. The Bertz CT molecular complexity index is 514. The van der Waals surface area contributed by atoms with E-state index in [1.54, 1.807) is 18.2 Å². The van der Waals surface area contributed by atoms with Gasteiger partial charge in [-0.25, -0.2) is 0 Å². The van der Waals surface area contributed by atoms with Crippen LogP contribution in [0.5, 0.6) is 11.5 Å². The number of carbonyl (C=O) groups is 2. The fraction of sp³-hybridized carbons (Fsp3) is 0.385. The van der Waals surface area contributed by atoms with Gasteiger partial charge in [0.1, 0.15) is 5.92 Å². The van der Waals surface area contributed by atoms with E-state index in [4.69, 9.17) is 14.6 Å². The highest BCUT2D eigenvalue weighted by Crippen LogP contribution is 2.34. The van der Waals surface area contributed by atoms with Gasteiger partial charge in [0, 0.05) is 18.3 Å². The van der Waals surface area contributed by atoms with Gasteiger partial charge in [-0.1, -0.05) is 0 Å². The molecule has 0 aliphatic carbocycles. The summed E-state index contributed by atoms with van der Waals surface area (Å²) in [6.07, 6.45) is 0.322. The predicted molar refractivity (Wildman–Crippen MR) is 67.6 cm³/mol. The van der Waals surface area contributed by atoms with Crippen LogP contribution in [0.1, 0.15) is 6.42 Å². The molecule has 0 bridgehead atoms. The molecule has 1 amide bonds. The van der Waals surface area contributed by atoms with Crippen molar-refractivity contribution in [3.05, 3.63) is 18.2 Å². The van der Waals surface area contributed by atoms with Crippen LogP contribution in [-0.4, -0.2) is 37.7 Å². The first-order valence-electron chi connectivity index (χ1n) is 5.84. The van der Waals surface area contributed by atoms with E-state index in [-0.39, 0.29) is 5.91 Å². The third kappa shape index (κ3) is 2.33. The molecule has 1 aromatic carbocycles. The molecular weight excluding hydrogens is 250 g/mol. The molecule has 6 nitrogen and oxygen atoms in total. The largest absolute Gasteiger partial charge is 0.493 e. The number of methoxy groups -OCH3 is 2. The summed E-state index contributed by atoms with van der Waals surface area (Å²) in [6.45, 7) is 0.394. The fourth-order valence-corrected chi connectivity index (χ4v) is 2.16. The Kier molecular flexibility index (Phi) is 3.59. The number of rotatable bonds is 4. The number of anilines is 1. The highest BCUT2D eigenvalue weighted by Gasteiger charge is 2.37. The van der Waals surface area contributed by atoms with E-state index in [1.165, 1.54) is 19.1 Å². The average Bonchev–Trinajstić information content (AvgIpc) is 2.80. The number of nitrogens with zero attached hydrogens (tertiary/aromatic N) is 1. The van der Waals surface area contributed by atoms with Crippen molar-refractivity contribution in [2.24, 2.45) is 5.92 Å². The summed E-state index contributed by atoms with van der Waals surface area (Å²) in [6, 6.07) is 5.07. The van der Waals surface area contributed by atoms with E-state index in [2.05, 4.69) is 0 Å². The number of aliphatic carboxylic acids is 1. The van der Waals surface area contributed by atoms with Crippen molar-refractivity contribution in [3.63, 3.8) is 0 Å². The lowest BCUT2D eigenvalue weighted by molar-refractivity contribution is -0.144. The summed E-state index contributed by atoms with van der Waals surface area (Å²) in [5, 5.41) is 8.94. The lowest BCUT2D eigenvalue weighted by atomic mass is 10.1. The first-order valence-corrected chi connectivity index (χ1v) is 5.84. The number of hydrogen-bond donors (Lipinski definition) is 1. The zero-order valence-corrected chi connectivity index (χ0v) is 10.8. The summed E-state index contributed by atoms with van der Waals surface area (Å²) in [5.74, 6) is -1.35. The van der Waals surface area contributed by atoms with Crippen molar-refractivity contribution >= 4 is 17.6 Å². The van der Waals surface area contributed by atoms with E-state index in [1.807, 2.05) is 0 Å². The maximum absolute atomic E-state index is 12.0. The molecule has 0 spiro atoms. The van der Waals surface area contributed by atoms with Gasteiger partial charge in [0.05, 0.1) is 14.2 Å². The Balaban J connectivity index is 2.28. The van der Waals surface area contributed by atoms with Gasteiger partial charge in [-0.15, -0.1) is 0 Å². The van der Waals surface area contributed by atoms with Crippen LogP contribution >= 0.6 is 0 Å². The molecular formula is C13H15NO5. The second-order valence-electron chi connectivity index (χ2n) is 4.21. The van der Waals surface area contributed by atoms with Crippen LogP contribution in [0, 0.1) is 5.92 Å². The molecule has 1 unspecified atom stereocenters. The first kappa shape index (κ1) is 13.2.